The fourth-order valence-electron chi connectivity index (χ4n) is 0. The van der Waals surface area contributed by atoms with Crippen LogP contribution < -0.4 is 25.5 Å². The normalized spacial score (nSPS) is 11.6. The summed E-state index contributed by atoms with van der Waals surface area (Å²) >= 11 is 45.0. The summed E-state index contributed by atoms with van der Waals surface area (Å²) in [6.45, 7) is -1.15. The standard InChI is InChI=1S/5C2H2Br3O.V/c5*3-2(4,5)1-6;/h5*1H2;/q5*-1;. The molecule has 0 aromatic heterocycles. The second-order valence-corrected chi connectivity index (χ2v) is 40.1. The van der Waals surface area contributed by atoms with E-state index in [9.17, 15) is 25.5 Å². The molecule has 5 nitrogen and oxygen atoms in total. The Morgan fingerprint density at radius 1 is 0.290 bits per heavy atom. The topological polar surface area (TPSA) is 115 Å². The molecule has 0 unspecified atom stereocenters. The molecule has 1 radical (unpaired) electrons. The zero-order valence-electron chi connectivity index (χ0n) is 14.2. The van der Waals surface area contributed by atoms with Crippen molar-refractivity contribution in [2.24, 2.45) is 0 Å². The van der Waals surface area contributed by atoms with Crippen molar-refractivity contribution in [3.05, 3.63) is 0 Å². The van der Waals surface area contributed by atoms with Gasteiger partial charge < -0.3 is 25.5 Å². The molecule has 0 aliphatic carbocycles. The van der Waals surface area contributed by atoms with Gasteiger partial charge >= 0.3 is 0 Å². The molecule has 0 aromatic rings. The van der Waals surface area contributed by atoms with Crippen LogP contribution in [0.3, 0.4) is 0 Å². The van der Waals surface area contributed by atoms with Gasteiger partial charge in [0.15, 0.2) is 0 Å². The first-order valence-electron chi connectivity index (χ1n) is 6.05. The van der Waals surface area contributed by atoms with Crippen LogP contribution in [0, 0.1) is 0 Å². The maximum Gasteiger partial charge on any atom is 0.120 e. The van der Waals surface area contributed by atoms with Gasteiger partial charge in [-0.15, -0.1) is 33.0 Å². The number of rotatable bonds is 0. The minimum atomic E-state index is -0.576. The molecule has 0 fully saturated rings. The summed E-state index contributed by atoms with van der Waals surface area (Å²) in [6, 6.07) is 0. The summed E-state index contributed by atoms with van der Waals surface area (Å²) in [4.78, 5) is 0. The first kappa shape index (κ1) is 51.3. The molecule has 0 saturated carbocycles. The van der Waals surface area contributed by atoms with Crippen molar-refractivity contribution < 1.29 is 44.1 Å². The van der Waals surface area contributed by atoms with Crippen LogP contribution in [0.4, 0.5) is 0 Å². The minimum absolute atomic E-state index is 0. The molecule has 0 aromatic carbocycles. The Balaban J connectivity index is -0.0000000625. The van der Waals surface area contributed by atoms with E-state index in [0.29, 0.717) is 0 Å². The van der Waals surface area contributed by atoms with Crippen LogP contribution in [0.25, 0.3) is 0 Å². The second-order valence-electron chi connectivity index (χ2n) is 3.80. The largest absolute Gasteiger partial charge is 0.852 e. The maximum absolute atomic E-state index is 9.81. The van der Waals surface area contributed by atoms with Crippen molar-refractivity contribution in [1.82, 2.24) is 0 Å². The first-order chi connectivity index (χ1) is 12.8. The van der Waals surface area contributed by atoms with E-state index < -0.39 is 10.7 Å². The monoisotopic (exact) mass is 1440 g/mol. The van der Waals surface area contributed by atoms with Crippen LogP contribution in [0.5, 0.6) is 0 Å². The Labute approximate surface area is 320 Å². The molecule has 0 heterocycles. The third kappa shape index (κ3) is 93.3. The average molecular weight is 1460 g/mol. The summed E-state index contributed by atoms with van der Waals surface area (Å²) in [5.41, 5.74) is 0. The van der Waals surface area contributed by atoms with Crippen molar-refractivity contribution in [1.29, 1.82) is 0 Å². The van der Waals surface area contributed by atoms with E-state index in [-0.39, 0.29) is 51.6 Å². The number of hydrogen-bond acceptors (Lipinski definition) is 5. The van der Waals surface area contributed by atoms with Gasteiger partial charge in [0.05, 0.1) is 0 Å². The van der Waals surface area contributed by atoms with Crippen molar-refractivity contribution in [2.45, 2.75) is 10.7 Å². The van der Waals surface area contributed by atoms with Crippen LogP contribution in [0.2, 0.25) is 0 Å². The second kappa shape index (κ2) is 27.7. The molecule has 0 saturated heterocycles. The van der Waals surface area contributed by atoms with Gasteiger partial charge in [-0.1, -0.05) is 239 Å². The number of alkyl halides is 15. The van der Waals surface area contributed by atoms with Crippen molar-refractivity contribution in [2.75, 3.05) is 33.0 Å². The van der Waals surface area contributed by atoms with Crippen molar-refractivity contribution in [3.8, 4) is 0 Å². The van der Waals surface area contributed by atoms with Crippen LogP contribution in [0.15, 0.2) is 0 Å². The predicted molar refractivity (Wildman–Crippen MR) is 172 cm³/mol. The molecule has 0 amide bonds. The predicted octanol–water partition coefficient (Wildman–Crippen LogP) is 5.92. The molecular formula is C10H10Br15O5V-5. The van der Waals surface area contributed by atoms with Gasteiger partial charge in [-0.2, -0.15) is 0 Å². The fraction of sp³-hybridized carbons (Fsp3) is 1.00. The molecule has 0 N–H and O–H groups in total. The van der Waals surface area contributed by atoms with E-state index >= 15 is 0 Å². The fourth-order valence-corrected chi connectivity index (χ4v) is 0. The van der Waals surface area contributed by atoms with Gasteiger partial charge in [-0.3, -0.25) is 0 Å². The van der Waals surface area contributed by atoms with E-state index in [0.717, 1.165) is 0 Å². The van der Waals surface area contributed by atoms with E-state index in [1.165, 1.54) is 0 Å². The Morgan fingerprint density at radius 3 is 0.323 bits per heavy atom. The summed E-state index contributed by atoms with van der Waals surface area (Å²) in [5.74, 6) is 0. The van der Waals surface area contributed by atoms with E-state index in [4.69, 9.17) is 0 Å². The zero-order valence-corrected chi connectivity index (χ0v) is 39.4. The molecule has 0 aliphatic rings. The number of hydrogen-bond donors (Lipinski definition) is 0. The molecule has 0 bridgehead atoms. The van der Waals surface area contributed by atoms with E-state index in [1.54, 1.807) is 0 Å². The quantitative estimate of drug-likeness (QED) is 0.280. The van der Waals surface area contributed by atoms with Crippen LogP contribution in [-0.4, -0.2) is 43.7 Å². The van der Waals surface area contributed by atoms with Crippen LogP contribution in [-0.2, 0) is 18.6 Å². The summed E-state index contributed by atoms with van der Waals surface area (Å²) in [7, 11) is 0. The Kier molecular flexibility index (Phi) is 45.9. The molecule has 0 spiro atoms. The van der Waals surface area contributed by atoms with Gasteiger partial charge in [0, 0.05) is 18.6 Å². The first-order valence-corrected chi connectivity index (χ1v) is 17.9. The molecule has 21 heteroatoms. The van der Waals surface area contributed by atoms with Gasteiger partial charge in [0.25, 0.3) is 0 Å². The summed E-state index contributed by atoms with van der Waals surface area (Å²) in [6.07, 6.45) is 0. The van der Waals surface area contributed by atoms with Crippen molar-refractivity contribution in [3.63, 3.8) is 0 Å². The Hall–Kier alpha value is 7.58. The average Bonchev–Trinajstić information content (AvgIpc) is 2.54. The third-order valence-electron chi connectivity index (χ3n) is 0.818. The zero-order chi connectivity index (χ0) is 26.0. The third-order valence-corrected chi connectivity index (χ3v) is 4.25. The SMILES string of the molecule is [O-]CC(Br)(Br)Br.[O-]CC(Br)(Br)Br.[O-]CC(Br)(Br)Br.[O-]CC(Br)(Br)Br.[O-]CC(Br)(Br)Br.[V]. The molecule has 0 rings (SSSR count). The molecular weight excluding hydrogens is 1450 g/mol. The smallest absolute Gasteiger partial charge is 0.120 e. The maximum atomic E-state index is 9.81. The molecule has 0 aliphatic heterocycles. The molecule has 0 atom stereocenters. The van der Waals surface area contributed by atoms with E-state index in [1.807, 2.05) is 0 Å². The molecule has 195 valence electrons. The number of halogens is 15. The van der Waals surface area contributed by atoms with Gasteiger partial charge in [0.2, 0.25) is 0 Å². The Morgan fingerprint density at radius 2 is 0.323 bits per heavy atom. The van der Waals surface area contributed by atoms with Gasteiger partial charge in [0.1, 0.15) is 10.7 Å². The van der Waals surface area contributed by atoms with Crippen LogP contribution >= 0.6 is 239 Å². The van der Waals surface area contributed by atoms with Gasteiger partial charge in [-0.25, -0.2) is 0 Å². The summed E-state index contributed by atoms with van der Waals surface area (Å²) < 4.78 is -2.88. The minimum Gasteiger partial charge on any atom is -0.852 e. The Bertz CT molecular complexity index is 280. The van der Waals surface area contributed by atoms with Crippen molar-refractivity contribution >= 4 is 239 Å². The molecule has 31 heavy (non-hydrogen) atoms. The van der Waals surface area contributed by atoms with E-state index in [2.05, 4.69) is 239 Å². The summed E-state index contributed by atoms with van der Waals surface area (Å²) in [5, 5.41) is 49.1. The van der Waals surface area contributed by atoms with Crippen LogP contribution in [0.1, 0.15) is 0 Å². The van der Waals surface area contributed by atoms with Gasteiger partial charge in [-0.05, 0) is 0 Å².